The molecule has 0 saturated carbocycles. The zero-order valence-electron chi connectivity index (χ0n) is 17.6. The van der Waals surface area contributed by atoms with Crippen LogP contribution in [0, 0.1) is 0 Å². The van der Waals surface area contributed by atoms with Crippen molar-refractivity contribution in [1.82, 2.24) is 9.47 Å². The minimum absolute atomic E-state index is 0.0367. The number of ether oxygens (including phenoxy) is 2. The summed E-state index contributed by atoms with van der Waals surface area (Å²) in [5.74, 6) is 0.526. The lowest BCUT2D eigenvalue weighted by Gasteiger charge is -2.33. The van der Waals surface area contributed by atoms with E-state index in [2.05, 4.69) is 0 Å². The molecule has 6 nitrogen and oxygen atoms in total. The van der Waals surface area contributed by atoms with Gasteiger partial charge in [0.1, 0.15) is 18.1 Å². The summed E-state index contributed by atoms with van der Waals surface area (Å²) >= 11 is 0. The standard InChI is InChI=1S/C25H26N2O4/c1-30-25(29)23-8-5-15-27(23)21-13-16-26(17-14-21)24(28)20-11-9-19(10-12-20)18-31-22-6-3-2-4-7-22/h2-12,15,21H,13-14,16-18H2,1H3. The Morgan fingerprint density at radius 3 is 2.32 bits per heavy atom. The molecular weight excluding hydrogens is 392 g/mol. The highest BCUT2D eigenvalue weighted by molar-refractivity contribution is 5.94. The predicted octanol–water partition coefficient (Wildman–Crippen LogP) is 4.33. The predicted molar refractivity (Wildman–Crippen MR) is 117 cm³/mol. The van der Waals surface area contributed by atoms with E-state index in [1.807, 2.05) is 76.3 Å². The molecule has 2 aromatic carbocycles. The molecule has 0 N–H and O–H groups in total. The molecule has 1 amide bonds. The molecule has 0 atom stereocenters. The summed E-state index contributed by atoms with van der Waals surface area (Å²) in [6.07, 6.45) is 3.51. The Bertz CT molecular complexity index is 1020. The molecule has 6 heteroatoms. The zero-order valence-corrected chi connectivity index (χ0v) is 17.6. The van der Waals surface area contributed by atoms with E-state index in [1.165, 1.54) is 7.11 Å². The van der Waals surface area contributed by atoms with Crippen molar-refractivity contribution in [2.45, 2.75) is 25.5 Å². The van der Waals surface area contributed by atoms with Crippen LogP contribution in [0.3, 0.4) is 0 Å². The smallest absolute Gasteiger partial charge is 0.354 e. The fourth-order valence-electron chi connectivity index (χ4n) is 3.95. The van der Waals surface area contributed by atoms with E-state index < -0.39 is 0 Å². The van der Waals surface area contributed by atoms with Crippen LogP contribution in [0.2, 0.25) is 0 Å². The lowest BCUT2D eigenvalue weighted by Crippen LogP contribution is -2.39. The Hall–Kier alpha value is -3.54. The van der Waals surface area contributed by atoms with E-state index in [1.54, 1.807) is 6.07 Å². The maximum absolute atomic E-state index is 12.9. The van der Waals surface area contributed by atoms with Crippen molar-refractivity contribution >= 4 is 11.9 Å². The molecule has 0 aliphatic carbocycles. The van der Waals surface area contributed by atoms with E-state index in [9.17, 15) is 9.59 Å². The minimum atomic E-state index is -0.333. The molecule has 0 unspecified atom stereocenters. The fraction of sp³-hybridized carbons (Fsp3) is 0.280. The van der Waals surface area contributed by atoms with Gasteiger partial charge in [-0.25, -0.2) is 4.79 Å². The number of benzene rings is 2. The summed E-state index contributed by atoms with van der Waals surface area (Å²) < 4.78 is 12.6. The van der Waals surface area contributed by atoms with Gasteiger partial charge in [-0.3, -0.25) is 4.79 Å². The summed E-state index contributed by atoms with van der Waals surface area (Å²) in [6.45, 7) is 1.77. The molecule has 1 aliphatic heterocycles. The number of carbonyl (C=O) groups excluding carboxylic acids is 2. The number of amides is 1. The molecule has 0 bridgehead atoms. The molecule has 2 heterocycles. The number of piperidine rings is 1. The van der Waals surface area contributed by atoms with Gasteiger partial charge in [0, 0.05) is 30.9 Å². The third-order valence-corrected chi connectivity index (χ3v) is 5.67. The lowest BCUT2D eigenvalue weighted by atomic mass is 10.0. The Labute approximate surface area is 182 Å². The van der Waals surface area contributed by atoms with E-state index in [0.29, 0.717) is 31.0 Å². The van der Waals surface area contributed by atoms with Gasteiger partial charge < -0.3 is 18.9 Å². The largest absolute Gasteiger partial charge is 0.489 e. The van der Waals surface area contributed by atoms with Crippen LogP contribution in [0.1, 0.15) is 45.3 Å². The first-order valence-electron chi connectivity index (χ1n) is 10.5. The Balaban J connectivity index is 1.32. The molecule has 0 radical (unpaired) electrons. The van der Waals surface area contributed by atoms with Crippen LogP contribution < -0.4 is 4.74 Å². The van der Waals surface area contributed by atoms with Gasteiger partial charge in [0.2, 0.25) is 0 Å². The number of esters is 1. The topological polar surface area (TPSA) is 60.8 Å². The normalized spacial score (nSPS) is 14.3. The first kappa shape index (κ1) is 20.7. The van der Waals surface area contributed by atoms with Gasteiger partial charge in [-0.2, -0.15) is 0 Å². The number of likely N-dealkylation sites (tertiary alicyclic amines) is 1. The Morgan fingerprint density at radius 2 is 1.65 bits per heavy atom. The number of rotatable bonds is 6. The SMILES string of the molecule is COC(=O)c1cccn1C1CCN(C(=O)c2ccc(COc3ccccc3)cc2)CC1. The maximum Gasteiger partial charge on any atom is 0.354 e. The second kappa shape index (κ2) is 9.51. The molecule has 1 aliphatic rings. The lowest BCUT2D eigenvalue weighted by molar-refractivity contribution is 0.0573. The molecular formula is C25H26N2O4. The van der Waals surface area contributed by atoms with E-state index in [0.717, 1.165) is 24.2 Å². The van der Waals surface area contributed by atoms with Crippen molar-refractivity contribution in [1.29, 1.82) is 0 Å². The highest BCUT2D eigenvalue weighted by atomic mass is 16.5. The van der Waals surface area contributed by atoms with Crippen LogP contribution in [-0.2, 0) is 11.3 Å². The number of para-hydroxylation sites is 1. The summed E-state index contributed by atoms with van der Waals surface area (Å²) in [6, 6.07) is 21.1. The maximum atomic E-state index is 12.9. The van der Waals surface area contributed by atoms with Crippen molar-refractivity contribution in [3.8, 4) is 5.75 Å². The molecule has 1 aromatic heterocycles. The highest BCUT2D eigenvalue weighted by Crippen LogP contribution is 2.26. The summed E-state index contributed by atoms with van der Waals surface area (Å²) in [7, 11) is 1.39. The number of hydrogen-bond acceptors (Lipinski definition) is 4. The highest BCUT2D eigenvalue weighted by Gasteiger charge is 2.26. The summed E-state index contributed by atoms with van der Waals surface area (Å²) in [5, 5.41) is 0. The van der Waals surface area contributed by atoms with Gasteiger partial charge in [0.25, 0.3) is 5.91 Å². The van der Waals surface area contributed by atoms with Crippen molar-refractivity contribution in [2.75, 3.05) is 20.2 Å². The quantitative estimate of drug-likeness (QED) is 0.559. The van der Waals surface area contributed by atoms with Gasteiger partial charge in [0.15, 0.2) is 0 Å². The van der Waals surface area contributed by atoms with Crippen LogP contribution in [0.4, 0.5) is 0 Å². The van der Waals surface area contributed by atoms with Crippen LogP contribution in [0.15, 0.2) is 72.9 Å². The average molecular weight is 418 g/mol. The monoisotopic (exact) mass is 418 g/mol. The van der Waals surface area contributed by atoms with Crippen molar-refractivity contribution in [3.05, 3.63) is 89.7 Å². The van der Waals surface area contributed by atoms with Gasteiger partial charge >= 0.3 is 5.97 Å². The average Bonchev–Trinajstić information content (AvgIpc) is 3.33. The molecule has 0 spiro atoms. The minimum Gasteiger partial charge on any atom is -0.489 e. The number of hydrogen-bond donors (Lipinski definition) is 0. The number of aromatic nitrogens is 1. The zero-order chi connectivity index (χ0) is 21.6. The molecule has 1 saturated heterocycles. The molecule has 4 rings (SSSR count). The molecule has 1 fully saturated rings. The van der Waals surface area contributed by atoms with Gasteiger partial charge in [-0.05, 0) is 54.8 Å². The van der Waals surface area contributed by atoms with Crippen molar-refractivity contribution in [3.63, 3.8) is 0 Å². The number of carbonyl (C=O) groups is 2. The van der Waals surface area contributed by atoms with E-state index in [4.69, 9.17) is 9.47 Å². The van der Waals surface area contributed by atoms with E-state index >= 15 is 0 Å². The van der Waals surface area contributed by atoms with Crippen LogP contribution >= 0.6 is 0 Å². The number of nitrogens with zero attached hydrogens (tertiary/aromatic N) is 2. The molecule has 160 valence electrons. The van der Waals surface area contributed by atoms with Gasteiger partial charge in [0.05, 0.1) is 7.11 Å². The Kier molecular flexibility index (Phi) is 6.36. The first-order valence-corrected chi connectivity index (χ1v) is 10.5. The Morgan fingerprint density at radius 1 is 0.935 bits per heavy atom. The van der Waals surface area contributed by atoms with Gasteiger partial charge in [-0.1, -0.05) is 30.3 Å². The fourth-order valence-corrected chi connectivity index (χ4v) is 3.95. The second-order valence-electron chi connectivity index (χ2n) is 7.61. The number of methoxy groups -OCH3 is 1. The van der Waals surface area contributed by atoms with Crippen molar-refractivity contribution < 1.29 is 19.1 Å². The van der Waals surface area contributed by atoms with Gasteiger partial charge in [-0.15, -0.1) is 0 Å². The van der Waals surface area contributed by atoms with Crippen molar-refractivity contribution in [2.24, 2.45) is 0 Å². The van der Waals surface area contributed by atoms with Crippen LogP contribution in [-0.4, -0.2) is 41.5 Å². The van der Waals surface area contributed by atoms with Crippen LogP contribution in [0.25, 0.3) is 0 Å². The summed E-state index contributed by atoms with van der Waals surface area (Å²) in [4.78, 5) is 26.7. The third kappa shape index (κ3) is 4.79. The summed E-state index contributed by atoms with van der Waals surface area (Å²) in [5.41, 5.74) is 2.25. The first-order chi connectivity index (χ1) is 15.2. The molecule has 3 aromatic rings. The second-order valence-corrected chi connectivity index (χ2v) is 7.61. The van der Waals surface area contributed by atoms with Crippen LogP contribution in [0.5, 0.6) is 5.75 Å². The molecule has 31 heavy (non-hydrogen) atoms. The van der Waals surface area contributed by atoms with E-state index in [-0.39, 0.29) is 17.9 Å². The third-order valence-electron chi connectivity index (χ3n) is 5.67.